The van der Waals surface area contributed by atoms with Gasteiger partial charge in [-0.3, -0.25) is 4.79 Å². The van der Waals surface area contributed by atoms with Gasteiger partial charge >= 0.3 is 0 Å². The Morgan fingerprint density at radius 1 is 1.60 bits per heavy atom. The molecule has 80 valence electrons. The smallest absolute Gasteiger partial charge is 0.249 e. The summed E-state index contributed by atoms with van der Waals surface area (Å²) in [6.07, 6.45) is 2.81. The summed E-state index contributed by atoms with van der Waals surface area (Å²) in [6.45, 7) is 6.12. The van der Waals surface area contributed by atoms with E-state index in [1.54, 1.807) is 6.07 Å². The van der Waals surface area contributed by atoms with Crippen molar-refractivity contribution in [2.75, 3.05) is 0 Å². The summed E-state index contributed by atoms with van der Waals surface area (Å²) in [7, 11) is 0. The maximum absolute atomic E-state index is 11.4. The average Bonchev–Trinajstić information content (AvgIpc) is 2.60. The summed E-state index contributed by atoms with van der Waals surface area (Å²) in [5, 5.41) is 5.34. The molecular weight excluding hydrogens is 190 g/mol. The number of pyridine rings is 1. The van der Waals surface area contributed by atoms with Gasteiger partial charge < -0.3 is 4.98 Å². The molecule has 0 amide bonds. The summed E-state index contributed by atoms with van der Waals surface area (Å²) in [5.41, 5.74) is 1.74. The molecule has 0 saturated carbocycles. The van der Waals surface area contributed by atoms with Crippen LogP contribution >= 0.6 is 0 Å². The number of fused-ring (bicyclic) bond motifs is 1. The molecule has 0 aliphatic carbocycles. The Hall–Kier alpha value is -1.58. The minimum atomic E-state index is -0.0648. The molecule has 0 spiro atoms. The van der Waals surface area contributed by atoms with E-state index in [4.69, 9.17) is 0 Å². The molecular formula is C11H15N3O. The number of aromatic amines is 1. The van der Waals surface area contributed by atoms with Gasteiger partial charge in [-0.15, -0.1) is 0 Å². The summed E-state index contributed by atoms with van der Waals surface area (Å²) >= 11 is 0. The van der Waals surface area contributed by atoms with E-state index >= 15 is 0 Å². The van der Waals surface area contributed by atoms with Crippen LogP contribution in [0, 0.1) is 6.92 Å². The molecule has 2 rings (SSSR count). The summed E-state index contributed by atoms with van der Waals surface area (Å²) < 4.78 is 1.88. The lowest BCUT2D eigenvalue weighted by Crippen LogP contribution is -2.11. The number of nitrogens with one attached hydrogen (secondary N) is 1. The summed E-state index contributed by atoms with van der Waals surface area (Å²) in [5.74, 6) is 0. The minimum absolute atomic E-state index is 0.0648. The van der Waals surface area contributed by atoms with Gasteiger partial charge in [-0.2, -0.15) is 5.10 Å². The molecule has 4 nitrogen and oxygen atoms in total. The lowest BCUT2D eigenvalue weighted by molar-refractivity contribution is 0.489. The number of hydrogen-bond acceptors (Lipinski definition) is 2. The maximum atomic E-state index is 11.4. The van der Waals surface area contributed by atoms with Crippen molar-refractivity contribution in [1.29, 1.82) is 0 Å². The van der Waals surface area contributed by atoms with Crippen molar-refractivity contribution >= 4 is 11.0 Å². The monoisotopic (exact) mass is 205 g/mol. The zero-order chi connectivity index (χ0) is 11.0. The predicted molar refractivity (Wildman–Crippen MR) is 60.1 cm³/mol. The number of nitrogens with zero attached hydrogens (tertiary/aromatic N) is 2. The van der Waals surface area contributed by atoms with E-state index in [0.29, 0.717) is 6.04 Å². The fourth-order valence-electron chi connectivity index (χ4n) is 1.71. The van der Waals surface area contributed by atoms with Crippen molar-refractivity contribution in [3.8, 4) is 0 Å². The largest absolute Gasteiger partial charge is 0.307 e. The highest BCUT2D eigenvalue weighted by molar-refractivity contribution is 5.78. The SMILES string of the molecule is CCC(C)n1ncc2c(C)cc(=O)[nH]c21. The van der Waals surface area contributed by atoms with Gasteiger partial charge in [-0.05, 0) is 25.8 Å². The molecule has 0 aliphatic heterocycles. The second-order valence-corrected chi connectivity index (χ2v) is 3.93. The molecule has 0 aromatic carbocycles. The van der Waals surface area contributed by atoms with Crippen LogP contribution in [0.25, 0.3) is 11.0 Å². The standard InChI is InChI=1S/C11H15N3O/c1-4-8(3)14-11-9(6-12-14)7(2)5-10(15)13-11/h5-6,8H,4H2,1-3H3,(H,13,15). The first-order valence-electron chi connectivity index (χ1n) is 5.20. The number of aromatic nitrogens is 3. The fraction of sp³-hybridized carbons (Fsp3) is 0.455. The third-order valence-electron chi connectivity index (χ3n) is 2.82. The van der Waals surface area contributed by atoms with Gasteiger partial charge in [-0.1, -0.05) is 6.92 Å². The van der Waals surface area contributed by atoms with Crippen molar-refractivity contribution < 1.29 is 0 Å². The van der Waals surface area contributed by atoms with E-state index in [0.717, 1.165) is 23.0 Å². The highest BCUT2D eigenvalue weighted by atomic mass is 16.1. The first kappa shape index (κ1) is 9.96. The third-order valence-corrected chi connectivity index (χ3v) is 2.82. The Bertz CT molecular complexity index is 538. The molecule has 1 unspecified atom stereocenters. The van der Waals surface area contributed by atoms with Crippen molar-refractivity contribution in [3.63, 3.8) is 0 Å². The topological polar surface area (TPSA) is 50.7 Å². The van der Waals surface area contributed by atoms with Crippen LogP contribution in [-0.2, 0) is 0 Å². The van der Waals surface area contributed by atoms with Gasteiger partial charge in [0.1, 0.15) is 5.65 Å². The zero-order valence-electron chi connectivity index (χ0n) is 9.24. The first-order valence-corrected chi connectivity index (χ1v) is 5.20. The van der Waals surface area contributed by atoms with Gasteiger partial charge in [0.25, 0.3) is 0 Å². The van der Waals surface area contributed by atoms with E-state index in [-0.39, 0.29) is 5.56 Å². The highest BCUT2D eigenvalue weighted by Gasteiger charge is 2.10. The molecule has 15 heavy (non-hydrogen) atoms. The number of aryl methyl sites for hydroxylation is 1. The van der Waals surface area contributed by atoms with E-state index in [1.165, 1.54) is 0 Å². The van der Waals surface area contributed by atoms with Crippen LogP contribution in [0.2, 0.25) is 0 Å². The maximum Gasteiger partial charge on any atom is 0.249 e. The van der Waals surface area contributed by atoms with E-state index in [1.807, 2.05) is 17.8 Å². The molecule has 0 saturated heterocycles. The van der Waals surface area contributed by atoms with E-state index < -0.39 is 0 Å². The average molecular weight is 205 g/mol. The molecule has 4 heteroatoms. The molecule has 0 fully saturated rings. The molecule has 2 aromatic rings. The Morgan fingerprint density at radius 2 is 2.33 bits per heavy atom. The molecule has 2 heterocycles. The van der Waals surface area contributed by atoms with E-state index in [2.05, 4.69) is 23.9 Å². The second kappa shape index (κ2) is 3.53. The fourth-order valence-corrected chi connectivity index (χ4v) is 1.71. The molecule has 1 N–H and O–H groups in total. The lowest BCUT2D eigenvalue weighted by Gasteiger charge is -2.10. The van der Waals surface area contributed by atoms with Crippen molar-refractivity contribution in [3.05, 3.63) is 28.2 Å². The lowest BCUT2D eigenvalue weighted by atomic mass is 10.2. The molecule has 0 radical (unpaired) electrons. The van der Waals surface area contributed by atoms with Crippen LogP contribution in [0.3, 0.4) is 0 Å². The quantitative estimate of drug-likeness (QED) is 0.815. The van der Waals surface area contributed by atoms with Crippen molar-refractivity contribution in [1.82, 2.24) is 14.8 Å². The van der Waals surface area contributed by atoms with Crippen LogP contribution in [0.15, 0.2) is 17.1 Å². The highest BCUT2D eigenvalue weighted by Crippen LogP contribution is 2.18. The van der Waals surface area contributed by atoms with Crippen LogP contribution in [0.1, 0.15) is 31.9 Å². The number of hydrogen-bond donors (Lipinski definition) is 1. The Labute approximate surface area is 87.9 Å². The van der Waals surface area contributed by atoms with Gasteiger partial charge in [0.05, 0.1) is 12.2 Å². The molecule has 0 aliphatic rings. The van der Waals surface area contributed by atoms with Crippen LogP contribution in [0.5, 0.6) is 0 Å². The van der Waals surface area contributed by atoms with Gasteiger partial charge in [0.2, 0.25) is 5.56 Å². The van der Waals surface area contributed by atoms with Crippen LogP contribution in [-0.4, -0.2) is 14.8 Å². The van der Waals surface area contributed by atoms with Gasteiger partial charge in [-0.25, -0.2) is 4.68 Å². The van der Waals surface area contributed by atoms with E-state index in [9.17, 15) is 4.79 Å². The molecule has 2 aromatic heterocycles. The molecule has 0 bridgehead atoms. The Balaban J connectivity index is 2.74. The number of rotatable bonds is 2. The Morgan fingerprint density at radius 3 is 3.00 bits per heavy atom. The summed E-state index contributed by atoms with van der Waals surface area (Å²) in [4.78, 5) is 14.2. The normalized spacial score (nSPS) is 13.3. The van der Waals surface area contributed by atoms with Crippen LogP contribution < -0.4 is 5.56 Å². The zero-order valence-corrected chi connectivity index (χ0v) is 9.24. The van der Waals surface area contributed by atoms with Crippen molar-refractivity contribution in [2.24, 2.45) is 0 Å². The minimum Gasteiger partial charge on any atom is -0.307 e. The van der Waals surface area contributed by atoms with Crippen LogP contribution in [0.4, 0.5) is 0 Å². The van der Waals surface area contributed by atoms with Gasteiger partial charge in [0.15, 0.2) is 0 Å². The predicted octanol–water partition coefficient (Wildman–Crippen LogP) is 2.00. The Kier molecular flexibility index (Phi) is 2.34. The second-order valence-electron chi connectivity index (χ2n) is 3.93. The summed E-state index contributed by atoms with van der Waals surface area (Å²) in [6, 6.07) is 1.91. The first-order chi connectivity index (χ1) is 7.13. The molecule has 1 atom stereocenters. The van der Waals surface area contributed by atoms with Crippen molar-refractivity contribution in [2.45, 2.75) is 33.2 Å². The third kappa shape index (κ3) is 1.56. The van der Waals surface area contributed by atoms with Gasteiger partial charge in [0, 0.05) is 11.5 Å². The number of H-pyrrole nitrogens is 1.